The maximum absolute atomic E-state index is 13.0. The van der Waals surface area contributed by atoms with Crippen LogP contribution < -0.4 is 11.1 Å². The summed E-state index contributed by atoms with van der Waals surface area (Å²) in [7, 11) is 0. The molecule has 164 valence electrons. The van der Waals surface area contributed by atoms with Gasteiger partial charge >= 0.3 is 5.76 Å². The van der Waals surface area contributed by atoms with Crippen LogP contribution in [0.15, 0.2) is 51.7 Å². The lowest BCUT2D eigenvalue weighted by molar-refractivity contribution is 0.0916. The Kier molecular flexibility index (Phi) is 6.80. The maximum Gasteiger partial charge on any atom is 0.417 e. The Balaban J connectivity index is 1.20. The quantitative estimate of drug-likeness (QED) is 0.487. The van der Waals surface area contributed by atoms with Crippen molar-refractivity contribution in [2.24, 2.45) is 5.92 Å². The minimum absolute atomic E-state index is 0.197. The topological polar surface area (TPSA) is 81.5 Å². The van der Waals surface area contributed by atoms with Crippen molar-refractivity contribution in [3.63, 3.8) is 0 Å². The van der Waals surface area contributed by atoms with Crippen LogP contribution in [0.25, 0.3) is 11.1 Å². The Hall–Kier alpha value is -2.55. The first-order chi connectivity index (χ1) is 15.0. The molecule has 0 bridgehead atoms. The summed E-state index contributed by atoms with van der Waals surface area (Å²) in [4.78, 5) is 16.6. The summed E-state index contributed by atoms with van der Waals surface area (Å²) in [6.07, 6.45) is 2.56. The highest BCUT2D eigenvalue weighted by Gasteiger charge is 2.21. The Labute approximate surface area is 185 Å². The van der Waals surface area contributed by atoms with Gasteiger partial charge in [-0.1, -0.05) is 24.4 Å². The van der Waals surface area contributed by atoms with Gasteiger partial charge in [0.05, 0.1) is 11.6 Å². The first-order valence-corrected chi connectivity index (χ1v) is 10.9. The molecule has 1 aromatic heterocycles. The third-order valence-corrected chi connectivity index (χ3v) is 6.18. The molecule has 1 unspecified atom stereocenters. The first-order valence-electron chi connectivity index (χ1n) is 10.5. The summed E-state index contributed by atoms with van der Waals surface area (Å²) in [5, 5.41) is 13.5. The van der Waals surface area contributed by atoms with E-state index < -0.39 is 11.9 Å². The van der Waals surface area contributed by atoms with E-state index in [0.717, 1.165) is 37.9 Å². The second kappa shape index (κ2) is 9.72. The number of piperidine rings is 1. The van der Waals surface area contributed by atoms with Crippen molar-refractivity contribution >= 4 is 28.3 Å². The van der Waals surface area contributed by atoms with Crippen molar-refractivity contribution < 1.29 is 13.9 Å². The molecule has 1 fully saturated rings. The molecular weight excluding hydrogens is 417 g/mol. The fourth-order valence-electron chi connectivity index (χ4n) is 4.09. The molecule has 4 rings (SSSR count). The van der Waals surface area contributed by atoms with Crippen LogP contribution in [-0.4, -0.2) is 52.3 Å². The van der Waals surface area contributed by atoms with E-state index in [1.807, 2.05) is 12.1 Å². The van der Waals surface area contributed by atoms with Crippen molar-refractivity contribution in [2.75, 3.05) is 26.2 Å². The number of aliphatic hydroxyl groups excluding tert-OH is 1. The van der Waals surface area contributed by atoms with Gasteiger partial charge in [-0.25, -0.2) is 9.18 Å². The highest BCUT2D eigenvalue weighted by Crippen LogP contribution is 2.22. The van der Waals surface area contributed by atoms with Crippen molar-refractivity contribution in [2.45, 2.75) is 25.4 Å². The highest BCUT2D eigenvalue weighted by atomic mass is 32.1. The molecule has 1 atom stereocenters. The molecule has 3 N–H and O–H groups in total. The summed E-state index contributed by atoms with van der Waals surface area (Å²) in [5.74, 6) is -0.104. The van der Waals surface area contributed by atoms with Gasteiger partial charge in [0, 0.05) is 18.7 Å². The number of aromatic nitrogens is 1. The third-order valence-electron chi connectivity index (χ3n) is 5.80. The molecule has 0 amide bonds. The number of nitrogens with one attached hydrogen (secondary N) is 2. The SMILES string of the molecule is O=c1[nH]c2ccc(C(=S)NCC(O)CN3CCC(Cc4ccc(F)cc4)CC3)cc2o1. The van der Waals surface area contributed by atoms with E-state index in [4.69, 9.17) is 16.6 Å². The Morgan fingerprint density at radius 3 is 2.74 bits per heavy atom. The van der Waals surface area contributed by atoms with E-state index in [1.54, 1.807) is 18.2 Å². The molecule has 1 aliphatic heterocycles. The van der Waals surface area contributed by atoms with Gasteiger partial charge in [-0.05, 0) is 74.2 Å². The van der Waals surface area contributed by atoms with Crippen LogP contribution in [0, 0.1) is 11.7 Å². The lowest BCUT2D eigenvalue weighted by atomic mass is 9.90. The van der Waals surface area contributed by atoms with Crippen LogP contribution in [-0.2, 0) is 6.42 Å². The number of rotatable bonds is 7. The van der Waals surface area contributed by atoms with Gasteiger partial charge in [0.25, 0.3) is 0 Å². The van der Waals surface area contributed by atoms with Gasteiger partial charge < -0.3 is 19.7 Å². The number of β-amino-alcohol motifs (C(OH)–C–C–N with tert-alkyl or cyclic N) is 1. The van der Waals surface area contributed by atoms with Crippen LogP contribution >= 0.6 is 12.2 Å². The average molecular weight is 444 g/mol. The number of fused-ring (bicyclic) bond motifs is 1. The van der Waals surface area contributed by atoms with Gasteiger partial charge in [0.2, 0.25) is 0 Å². The molecule has 6 nitrogen and oxygen atoms in total. The number of H-pyrrole nitrogens is 1. The average Bonchev–Trinajstić information content (AvgIpc) is 3.14. The maximum atomic E-state index is 13.0. The van der Waals surface area contributed by atoms with Gasteiger partial charge in [0.15, 0.2) is 5.58 Å². The molecule has 0 aliphatic carbocycles. The number of aromatic amines is 1. The standard InChI is InChI=1S/C23H26FN3O3S/c24-18-4-1-15(2-5-18)11-16-7-9-27(10-8-16)14-19(28)13-25-22(31)17-3-6-20-21(12-17)30-23(29)26-20/h1-6,12,16,19,28H,7-11,13-14H2,(H,25,31)(H,26,29). The summed E-state index contributed by atoms with van der Waals surface area (Å²) in [6, 6.07) is 12.0. The van der Waals surface area contributed by atoms with Crippen LogP contribution in [0.4, 0.5) is 4.39 Å². The normalized spacial score (nSPS) is 16.5. The van der Waals surface area contributed by atoms with Crippen LogP contribution in [0.5, 0.6) is 0 Å². The minimum Gasteiger partial charge on any atom is -0.408 e. The molecule has 2 heterocycles. The Bertz CT molecular complexity index is 1090. The number of halogens is 1. The zero-order chi connectivity index (χ0) is 21.8. The van der Waals surface area contributed by atoms with Crippen LogP contribution in [0.1, 0.15) is 24.0 Å². The van der Waals surface area contributed by atoms with E-state index in [9.17, 15) is 14.3 Å². The molecule has 1 aliphatic rings. The molecule has 1 saturated heterocycles. The van der Waals surface area contributed by atoms with Crippen molar-refractivity contribution in [3.05, 3.63) is 70.0 Å². The third kappa shape index (κ3) is 5.78. The number of hydrogen-bond donors (Lipinski definition) is 3. The minimum atomic E-state index is -0.541. The van der Waals surface area contributed by atoms with E-state index >= 15 is 0 Å². The van der Waals surface area contributed by atoms with E-state index in [-0.39, 0.29) is 5.82 Å². The number of benzene rings is 2. The Morgan fingerprint density at radius 1 is 1.26 bits per heavy atom. The molecule has 0 spiro atoms. The molecule has 2 aromatic carbocycles. The zero-order valence-electron chi connectivity index (χ0n) is 17.1. The van der Waals surface area contributed by atoms with Gasteiger partial charge in [-0.15, -0.1) is 0 Å². The molecular formula is C23H26FN3O3S. The molecule has 0 radical (unpaired) electrons. The number of oxazole rings is 1. The number of thiocarbonyl (C=S) groups is 1. The second-order valence-electron chi connectivity index (χ2n) is 8.16. The second-order valence-corrected chi connectivity index (χ2v) is 8.57. The van der Waals surface area contributed by atoms with E-state index in [2.05, 4.69) is 15.2 Å². The van der Waals surface area contributed by atoms with Crippen molar-refractivity contribution in [1.29, 1.82) is 0 Å². The molecule has 3 aromatic rings. The summed E-state index contributed by atoms with van der Waals surface area (Å²) >= 11 is 5.41. The highest BCUT2D eigenvalue weighted by molar-refractivity contribution is 7.80. The number of hydrogen-bond acceptors (Lipinski definition) is 5. The molecule has 31 heavy (non-hydrogen) atoms. The van der Waals surface area contributed by atoms with Crippen molar-refractivity contribution in [3.8, 4) is 0 Å². The zero-order valence-corrected chi connectivity index (χ0v) is 18.0. The van der Waals surface area contributed by atoms with Gasteiger partial charge in [0.1, 0.15) is 10.8 Å². The summed E-state index contributed by atoms with van der Waals surface area (Å²) in [6.45, 7) is 2.82. The lowest BCUT2D eigenvalue weighted by Gasteiger charge is -2.33. The smallest absolute Gasteiger partial charge is 0.408 e. The van der Waals surface area contributed by atoms with Crippen molar-refractivity contribution in [1.82, 2.24) is 15.2 Å². The van der Waals surface area contributed by atoms with Gasteiger partial charge in [-0.2, -0.15) is 0 Å². The number of nitrogens with zero attached hydrogens (tertiary/aromatic N) is 1. The number of aliphatic hydroxyl groups is 1. The molecule has 0 saturated carbocycles. The predicted molar refractivity (Wildman–Crippen MR) is 122 cm³/mol. The first kappa shape index (κ1) is 21.7. The monoisotopic (exact) mass is 443 g/mol. The van der Waals surface area contributed by atoms with Crippen LogP contribution in [0.3, 0.4) is 0 Å². The van der Waals surface area contributed by atoms with E-state index in [1.165, 1.54) is 17.7 Å². The lowest BCUT2D eigenvalue weighted by Crippen LogP contribution is -2.43. The predicted octanol–water partition coefficient (Wildman–Crippen LogP) is 2.84. The molecule has 8 heteroatoms. The van der Waals surface area contributed by atoms with E-state index in [0.29, 0.717) is 35.1 Å². The summed E-state index contributed by atoms with van der Waals surface area (Å²) < 4.78 is 18.1. The number of likely N-dealkylation sites (tertiary alicyclic amines) is 1. The Morgan fingerprint density at radius 2 is 2.00 bits per heavy atom. The fraction of sp³-hybridized carbons (Fsp3) is 0.391. The van der Waals surface area contributed by atoms with Gasteiger partial charge in [-0.3, -0.25) is 4.98 Å². The fourth-order valence-corrected chi connectivity index (χ4v) is 4.30. The van der Waals surface area contributed by atoms with Crippen LogP contribution in [0.2, 0.25) is 0 Å². The summed E-state index contributed by atoms with van der Waals surface area (Å²) in [5.41, 5.74) is 2.99. The largest absolute Gasteiger partial charge is 0.417 e.